The van der Waals surface area contributed by atoms with Crippen molar-refractivity contribution in [3.8, 4) is 22.6 Å². The van der Waals surface area contributed by atoms with Crippen LogP contribution in [0.4, 0.5) is 10.5 Å². The minimum absolute atomic E-state index is 0.263. The van der Waals surface area contributed by atoms with Crippen molar-refractivity contribution in [2.45, 2.75) is 46.3 Å². The molecule has 8 nitrogen and oxygen atoms in total. The molecule has 3 heterocycles. The number of rotatable bonds is 3. The van der Waals surface area contributed by atoms with Crippen molar-refractivity contribution >= 4 is 29.0 Å². The quantitative estimate of drug-likeness (QED) is 0.508. The van der Waals surface area contributed by atoms with E-state index < -0.39 is 5.60 Å². The maximum Gasteiger partial charge on any atom is 0.410 e. The molecule has 0 bridgehead atoms. The van der Waals surface area contributed by atoms with Gasteiger partial charge in [-0.2, -0.15) is 0 Å². The fourth-order valence-electron chi connectivity index (χ4n) is 4.25. The van der Waals surface area contributed by atoms with Gasteiger partial charge >= 0.3 is 6.09 Å². The Balaban J connectivity index is 1.32. The van der Waals surface area contributed by atoms with Gasteiger partial charge in [-0.05, 0) is 62.6 Å². The number of fused-ring (bicyclic) bond motifs is 2. The van der Waals surface area contributed by atoms with Crippen LogP contribution in [0.5, 0.6) is 11.5 Å². The number of aromatic nitrogens is 1. The Morgan fingerprint density at radius 2 is 1.89 bits per heavy atom. The van der Waals surface area contributed by atoms with Crippen molar-refractivity contribution < 1.29 is 23.8 Å². The van der Waals surface area contributed by atoms with Gasteiger partial charge in [0.2, 0.25) is 0 Å². The van der Waals surface area contributed by atoms with Gasteiger partial charge in [0, 0.05) is 23.5 Å². The molecule has 9 heteroatoms. The third-order valence-corrected chi connectivity index (χ3v) is 7.09. The summed E-state index contributed by atoms with van der Waals surface area (Å²) in [6.45, 7) is 9.51. The number of benzene rings is 2. The van der Waals surface area contributed by atoms with E-state index in [1.165, 1.54) is 11.3 Å². The van der Waals surface area contributed by atoms with E-state index in [1.807, 2.05) is 64.1 Å². The SMILES string of the molecule is Cc1c(NC(=O)c2nc3c(s2)CN(C(=O)OC(C)(C)C)CC3)cccc1-c1ccc2c(c1)OCCO2. The van der Waals surface area contributed by atoms with E-state index >= 15 is 0 Å². The van der Waals surface area contributed by atoms with E-state index in [0.717, 1.165) is 44.4 Å². The monoisotopic (exact) mass is 507 g/mol. The number of hydrogen-bond acceptors (Lipinski definition) is 7. The summed E-state index contributed by atoms with van der Waals surface area (Å²) in [5, 5.41) is 3.41. The van der Waals surface area contributed by atoms with E-state index in [1.54, 1.807) is 4.90 Å². The van der Waals surface area contributed by atoms with Gasteiger partial charge in [-0.1, -0.05) is 18.2 Å². The maximum absolute atomic E-state index is 13.1. The van der Waals surface area contributed by atoms with Crippen LogP contribution in [0.1, 0.15) is 46.7 Å². The van der Waals surface area contributed by atoms with Gasteiger partial charge in [0.25, 0.3) is 5.91 Å². The van der Waals surface area contributed by atoms with E-state index in [4.69, 9.17) is 14.2 Å². The molecule has 0 aliphatic carbocycles. The molecule has 3 aromatic rings. The van der Waals surface area contributed by atoms with Crippen molar-refractivity contribution in [2.24, 2.45) is 0 Å². The zero-order chi connectivity index (χ0) is 25.4. The summed E-state index contributed by atoms with van der Waals surface area (Å²) in [5.74, 6) is 1.20. The van der Waals surface area contributed by atoms with Gasteiger partial charge in [-0.15, -0.1) is 11.3 Å². The molecule has 1 N–H and O–H groups in total. The zero-order valence-electron chi connectivity index (χ0n) is 20.8. The predicted octanol–water partition coefficient (Wildman–Crippen LogP) is 5.44. The summed E-state index contributed by atoms with van der Waals surface area (Å²) in [7, 11) is 0. The summed E-state index contributed by atoms with van der Waals surface area (Å²) < 4.78 is 16.9. The Labute approximate surface area is 214 Å². The van der Waals surface area contributed by atoms with Crippen LogP contribution in [0.2, 0.25) is 0 Å². The molecule has 2 aliphatic heterocycles. The van der Waals surface area contributed by atoms with Gasteiger partial charge in [-0.25, -0.2) is 9.78 Å². The number of nitrogens with zero attached hydrogens (tertiary/aromatic N) is 2. The van der Waals surface area contributed by atoms with E-state index in [2.05, 4.69) is 10.3 Å². The second kappa shape index (κ2) is 9.46. The molecule has 0 radical (unpaired) electrons. The van der Waals surface area contributed by atoms with Gasteiger partial charge in [-0.3, -0.25) is 4.79 Å². The van der Waals surface area contributed by atoms with Crippen LogP contribution < -0.4 is 14.8 Å². The number of carbonyl (C=O) groups excluding carboxylic acids is 2. The third kappa shape index (κ3) is 5.02. The van der Waals surface area contributed by atoms with Gasteiger partial charge in [0.1, 0.15) is 18.8 Å². The Morgan fingerprint density at radius 3 is 2.67 bits per heavy atom. The largest absolute Gasteiger partial charge is 0.486 e. The van der Waals surface area contributed by atoms with Crippen molar-refractivity contribution in [1.82, 2.24) is 9.88 Å². The summed E-state index contributed by atoms with van der Waals surface area (Å²) in [5.41, 5.74) is 3.96. The topological polar surface area (TPSA) is 90.0 Å². The highest BCUT2D eigenvalue weighted by Gasteiger charge is 2.29. The second-order valence-electron chi connectivity index (χ2n) is 9.83. The minimum Gasteiger partial charge on any atom is -0.486 e. The van der Waals surface area contributed by atoms with Crippen LogP contribution in [0.15, 0.2) is 36.4 Å². The van der Waals surface area contributed by atoms with Crippen LogP contribution in [0.3, 0.4) is 0 Å². The molecular formula is C27H29N3O5S. The minimum atomic E-state index is -0.553. The average Bonchev–Trinajstić information content (AvgIpc) is 3.28. The fourth-order valence-corrected chi connectivity index (χ4v) is 5.26. The Kier molecular flexibility index (Phi) is 6.34. The second-order valence-corrected chi connectivity index (χ2v) is 10.9. The first kappa shape index (κ1) is 24.1. The van der Waals surface area contributed by atoms with Gasteiger partial charge < -0.3 is 24.4 Å². The normalized spacial score (nSPS) is 14.7. The lowest BCUT2D eigenvalue weighted by Gasteiger charge is -2.29. The lowest BCUT2D eigenvalue weighted by molar-refractivity contribution is 0.0225. The predicted molar refractivity (Wildman–Crippen MR) is 138 cm³/mol. The van der Waals surface area contributed by atoms with Crippen LogP contribution in [-0.4, -0.2) is 47.2 Å². The van der Waals surface area contributed by atoms with E-state index in [0.29, 0.717) is 37.7 Å². The lowest BCUT2D eigenvalue weighted by atomic mass is 9.98. The molecule has 2 aromatic carbocycles. The van der Waals surface area contributed by atoms with Gasteiger partial charge in [0.05, 0.1) is 12.2 Å². The summed E-state index contributed by atoms with van der Waals surface area (Å²) in [6.07, 6.45) is 0.246. The summed E-state index contributed by atoms with van der Waals surface area (Å²) in [4.78, 5) is 32.7. The number of ether oxygens (including phenoxy) is 3. The number of carbonyl (C=O) groups is 2. The first-order chi connectivity index (χ1) is 17.2. The molecule has 2 amide bonds. The molecule has 2 aliphatic rings. The Hall–Kier alpha value is -3.59. The van der Waals surface area contributed by atoms with Crippen LogP contribution in [-0.2, 0) is 17.7 Å². The van der Waals surface area contributed by atoms with Crippen molar-refractivity contribution in [2.75, 3.05) is 25.1 Å². The van der Waals surface area contributed by atoms with Gasteiger partial charge in [0.15, 0.2) is 16.5 Å². The molecule has 0 saturated heterocycles. The number of amides is 2. The number of anilines is 1. The molecule has 0 spiro atoms. The third-order valence-electron chi connectivity index (χ3n) is 6.01. The fraction of sp³-hybridized carbons (Fsp3) is 0.370. The van der Waals surface area contributed by atoms with E-state index in [-0.39, 0.29) is 12.0 Å². The molecule has 5 rings (SSSR count). The molecule has 0 unspecified atom stereocenters. The number of hydrogen-bond donors (Lipinski definition) is 1. The Morgan fingerprint density at radius 1 is 1.11 bits per heavy atom. The van der Waals surface area contributed by atoms with Crippen molar-refractivity contribution in [3.05, 3.63) is 57.5 Å². The highest BCUT2D eigenvalue weighted by atomic mass is 32.1. The van der Waals surface area contributed by atoms with Crippen molar-refractivity contribution in [3.63, 3.8) is 0 Å². The highest BCUT2D eigenvalue weighted by molar-refractivity contribution is 7.13. The Bertz CT molecular complexity index is 1330. The number of thiazole rings is 1. The van der Waals surface area contributed by atoms with E-state index in [9.17, 15) is 9.59 Å². The molecule has 0 saturated carbocycles. The molecule has 188 valence electrons. The molecule has 1 aromatic heterocycles. The average molecular weight is 508 g/mol. The first-order valence-corrected chi connectivity index (χ1v) is 12.8. The lowest BCUT2D eigenvalue weighted by Crippen LogP contribution is -2.39. The molecule has 0 atom stereocenters. The molecular weight excluding hydrogens is 478 g/mol. The van der Waals surface area contributed by atoms with Crippen LogP contribution in [0.25, 0.3) is 11.1 Å². The van der Waals surface area contributed by atoms with Crippen LogP contribution in [0, 0.1) is 6.92 Å². The zero-order valence-corrected chi connectivity index (χ0v) is 21.7. The smallest absolute Gasteiger partial charge is 0.410 e. The standard InChI is InChI=1S/C27H29N3O5S/c1-16-18(17-8-9-21-22(14-17)34-13-12-33-21)6-5-7-19(16)28-24(31)25-29-20-10-11-30(15-23(20)36-25)26(32)35-27(2,3)4/h5-9,14H,10-13,15H2,1-4H3,(H,28,31). The first-order valence-electron chi connectivity index (χ1n) is 12.0. The van der Waals surface area contributed by atoms with Crippen molar-refractivity contribution in [1.29, 1.82) is 0 Å². The summed E-state index contributed by atoms with van der Waals surface area (Å²) in [6, 6.07) is 11.7. The molecule has 0 fully saturated rings. The maximum atomic E-state index is 13.1. The molecule has 36 heavy (non-hydrogen) atoms. The highest BCUT2D eigenvalue weighted by Crippen LogP contribution is 2.37. The van der Waals surface area contributed by atoms with Crippen LogP contribution >= 0.6 is 11.3 Å². The number of nitrogens with one attached hydrogen (secondary N) is 1. The summed E-state index contributed by atoms with van der Waals surface area (Å²) >= 11 is 1.32.